The van der Waals surface area contributed by atoms with E-state index in [9.17, 15) is 30.0 Å². The van der Waals surface area contributed by atoms with E-state index in [0.717, 1.165) is 42.1 Å². The van der Waals surface area contributed by atoms with Crippen LogP contribution in [0.2, 0.25) is 0 Å². The molecular formula is C65H90N2NiO8. The number of carbonyl (C=O) groups excluding carboxylic acids is 2. The number of aryl methyl sites for hydroxylation is 2. The van der Waals surface area contributed by atoms with Crippen molar-refractivity contribution in [3.63, 3.8) is 0 Å². The normalized spacial score (nSPS) is 11.2. The quantitative estimate of drug-likeness (QED) is 0.0117. The summed E-state index contributed by atoms with van der Waals surface area (Å²) in [5.74, 6) is 1.81. The van der Waals surface area contributed by atoms with E-state index in [2.05, 4.69) is 50.0 Å². The first kappa shape index (κ1) is 68.2. The Labute approximate surface area is 467 Å². The van der Waals surface area contributed by atoms with Crippen molar-refractivity contribution >= 4 is 34.7 Å². The number of carboxylic acids is 2. The number of aromatic hydroxyl groups is 4. The van der Waals surface area contributed by atoms with Gasteiger partial charge in [0, 0.05) is 17.5 Å². The first-order chi connectivity index (χ1) is 36.5. The van der Waals surface area contributed by atoms with Crippen LogP contribution < -0.4 is 10.2 Å². The number of aliphatic imine (C=N–C) groups is 2. The molecule has 0 aliphatic rings. The van der Waals surface area contributed by atoms with Gasteiger partial charge in [-0.25, -0.2) is 9.98 Å². The third-order valence-electron chi connectivity index (χ3n) is 13.0. The third kappa shape index (κ3) is 30.0. The summed E-state index contributed by atoms with van der Waals surface area (Å²) in [6.07, 6.45) is 41.6. The second kappa shape index (κ2) is 44.3. The molecule has 0 fully saturated rings. The fourth-order valence-electron chi connectivity index (χ4n) is 8.56. The van der Waals surface area contributed by atoms with Crippen LogP contribution in [0.15, 0.2) is 107 Å². The Hall–Kier alpha value is -5.85. The summed E-state index contributed by atoms with van der Waals surface area (Å²) in [5.41, 5.74) is 3.69. The summed E-state index contributed by atoms with van der Waals surface area (Å²) in [6.45, 7) is 8.08. The number of allylic oxidation sites excluding steroid dienone is 2. The fraction of sp³-hybridized carbons (Fsp3) is 0.508. The molecule has 4 rings (SSSR count). The molecule has 76 heavy (non-hydrogen) atoms. The van der Waals surface area contributed by atoms with Crippen LogP contribution in [-0.4, -0.2) is 43.8 Å². The standard InChI is InChI=1S/C47H72N2.2C9H10O4.Ni/c1-3-5-7-9-11-13-15-17-18-19-20-21-23-25-27-29-37-43-47(49-45-40-34-31-35-41-45)46(48-44-38-32-30-33-39-44)42-36-28-26-24-22-16-14-12-10-8-6-4-2;2*1-2-5-3-4-6(10)8(11)7(5)9(12)13;/h30-36,38-42H,3-29H2,1-2H3;2*3-4,10-11H,2H2,1H3,(H,12,13);/q;;;+2/p-2. The van der Waals surface area contributed by atoms with Crippen LogP contribution in [-0.2, 0) is 29.3 Å². The molecule has 0 saturated heterocycles. The first-order valence-electron chi connectivity index (χ1n) is 28.4. The van der Waals surface area contributed by atoms with Gasteiger partial charge in [-0.1, -0.05) is 236 Å². The second-order valence-electron chi connectivity index (χ2n) is 19.2. The Morgan fingerprint density at radius 1 is 0.474 bits per heavy atom. The van der Waals surface area contributed by atoms with E-state index in [1.54, 1.807) is 13.8 Å². The molecule has 0 aliphatic carbocycles. The van der Waals surface area contributed by atoms with Crippen molar-refractivity contribution in [2.24, 2.45) is 9.98 Å². The molecule has 0 spiro atoms. The van der Waals surface area contributed by atoms with Crippen LogP contribution in [0.5, 0.6) is 23.0 Å². The molecule has 0 aromatic heterocycles. The molecule has 0 radical (unpaired) electrons. The number of phenolic OH excluding ortho intramolecular Hbond substituents is 2. The molecule has 0 amide bonds. The molecular weight excluding hydrogens is 995 g/mol. The Morgan fingerprint density at radius 3 is 1.20 bits per heavy atom. The van der Waals surface area contributed by atoms with Crippen molar-refractivity contribution in [1.82, 2.24) is 0 Å². The number of carboxylic acid groups (broad SMARTS) is 2. The minimum Gasteiger partial charge on any atom is -0.545 e. The van der Waals surface area contributed by atoms with Gasteiger partial charge in [0.1, 0.15) is 5.71 Å². The Bertz CT molecular complexity index is 2270. The molecule has 4 aromatic rings. The van der Waals surface area contributed by atoms with Gasteiger partial charge in [0.25, 0.3) is 0 Å². The fourth-order valence-corrected chi connectivity index (χ4v) is 8.56. The molecule has 4 N–H and O–H groups in total. The Balaban J connectivity index is 0.000000861. The van der Waals surface area contributed by atoms with Gasteiger partial charge in [0.05, 0.1) is 29.0 Å². The molecule has 0 bridgehead atoms. The molecule has 0 atom stereocenters. The Kier molecular flexibility index (Phi) is 39.7. The van der Waals surface area contributed by atoms with Gasteiger partial charge < -0.3 is 40.2 Å². The molecule has 0 heterocycles. The van der Waals surface area contributed by atoms with E-state index < -0.39 is 34.9 Å². The third-order valence-corrected chi connectivity index (χ3v) is 13.0. The van der Waals surface area contributed by atoms with Crippen LogP contribution >= 0.6 is 0 Å². The van der Waals surface area contributed by atoms with Gasteiger partial charge in [0.2, 0.25) is 0 Å². The number of rotatable bonds is 34. The van der Waals surface area contributed by atoms with Crippen molar-refractivity contribution in [1.29, 1.82) is 0 Å². The van der Waals surface area contributed by atoms with Crippen LogP contribution in [0.3, 0.4) is 0 Å². The van der Waals surface area contributed by atoms with Crippen molar-refractivity contribution in [3.05, 3.63) is 119 Å². The summed E-state index contributed by atoms with van der Waals surface area (Å²) >= 11 is 0. The van der Waals surface area contributed by atoms with E-state index in [1.165, 1.54) is 178 Å². The minimum atomic E-state index is -1.48. The summed E-state index contributed by atoms with van der Waals surface area (Å²) in [6, 6.07) is 25.8. The molecule has 418 valence electrons. The van der Waals surface area contributed by atoms with Gasteiger partial charge in [-0.2, -0.15) is 0 Å². The van der Waals surface area contributed by atoms with E-state index >= 15 is 0 Å². The number of hydrogen-bond acceptors (Lipinski definition) is 10. The SMILES string of the molecule is CCCCCCCCCCCCC=CC(=Nc1ccccc1)C(C#CCCCCCCCCCCCCCCCCC)=Nc1ccccc1.CCc1ccc(O)c(O)c1C(=O)[O-].CCc1ccc(O)c(O)c1C(=O)[O-].[Ni+2]. The van der Waals surface area contributed by atoms with E-state index in [4.69, 9.17) is 20.2 Å². The smallest absolute Gasteiger partial charge is 0.545 e. The average molecular weight is 1090 g/mol. The number of phenols is 4. The first-order valence-corrected chi connectivity index (χ1v) is 28.4. The number of para-hydroxylation sites is 2. The predicted octanol–water partition coefficient (Wildman–Crippen LogP) is 15.7. The zero-order valence-corrected chi connectivity index (χ0v) is 47.4. The van der Waals surface area contributed by atoms with Crippen molar-refractivity contribution < 1.29 is 56.7 Å². The number of nitrogens with zero attached hydrogens (tertiary/aromatic N) is 2. The van der Waals surface area contributed by atoms with Gasteiger partial charge in [-0.05, 0) is 91.6 Å². The summed E-state index contributed by atoms with van der Waals surface area (Å²) in [7, 11) is 0. The Morgan fingerprint density at radius 2 is 0.829 bits per heavy atom. The topological polar surface area (TPSA) is 186 Å². The molecule has 0 aliphatic heterocycles. The molecule has 0 saturated carbocycles. The second-order valence-corrected chi connectivity index (χ2v) is 19.2. The maximum atomic E-state index is 10.6. The number of carbonyl (C=O) groups is 2. The number of aromatic carboxylic acids is 2. The maximum absolute atomic E-state index is 10.6. The molecule has 0 unspecified atom stereocenters. The van der Waals surface area contributed by atoms with Crippen molar-refractivity contribution in [3.8, 4) is 34.8 Å². The number of unbranched alkanes of at least 4 members (excludes halogenated alkanes) is 25. The average Bonchev–Trinajstić information content (AvgIpc) is 3.41. The van der Waals surface area contributed by atoms with Crippen molar-refractivity contribution in [2.75, 3.05) is 0 Å². The van der Waals surface area contributed by atoms with Crippen LogP contribution in [0.1, 0.15) is 233 Å². The van der Waals surface area contributed by atoms with Gasteiger partial charge in [0.15, 0.2) is 23.0 Å². The van der Waals surface area contributed by atoms with E-state index in [0.29, 0.717) is 24.0 Å². The number of hydrogen-bond donors (Lipinski definition) is 4. The van der Waals surface area contributed by atoms with Gasteiger partial charge >= 0.3 is 16.5 Å². The van der Waals surface area contributed by atoms with Gasteiger partial charge in [-0.3, -0.25) is 0 Å². The maximum Gasteiger partial charge on any atom is 2.00 e. The molecule has 10 nitrogen and oxygen atoms in total. The zero-order valence-electron chi connectivity index (χ0n) is 46.4. The molecule has 11 heteroatoms. The zero-order chi connectivity index (χ0) is 54.7. The monoisotopic (exact) mass is 1080 g/mol. The van der Waals surface area contributed by atoms with Crippen molar-refractivity contribution in [2.45, 2.75) is 214 Å². The summed E-state index contributed by atoms with van der Waals surface area (Å²) in [5, 5.41) is 57.6. The summed E-state index contributed by atoms with van der Waals surface area (Å²) in [4.78, 5) is 31.2. The molecule has 4 aromatic carbocycles. The van der Waals surface area contributed by atoms with E-state index in [-0.39, 0.29) is 27.6 Å². The van der Waals surface area contributed by atoms with Gasteiger partial charge in [-0.15, -0.1) is 0 Å². The summed E-state index contributed by atoms with van der Waals surface area (Å²) < 4.78 is 0. The number of benzene rings is 4. The predicted molar refractivity (Wildman–Crippen MR) is 307 cm³/mol. The van der Waals surface area contributed by atoms with Crippen LogP contribution in [0, 0.1) is 11.8 Å². The largest absolute Gasteiger partial charge is 2.00 e. The van der Waals surface area contributed by atoms with E-state index in [1.807, 2.05) is 48.5 Å². The van der Waals surface area contributed by atoms with Crippen LogP contribution in [0.4, 0.5) is 11.4 Å². The van der Waals surface area contributed by atoms with Crippen LogP contribution in [0.25, 0.3) is 0 Å². The minimum absolute atomic E-state index is 0.